The second kappa shape index (κ2) is 5.92. The van der Waals surface area contributed by atoms with Crippen LogP contribution in [-0.4, -0.2) is 26.4 Å². The van der Waals surface area contributed by atoms with Crippen LogP contribution in [-0.2, 0) is 6.54 Å². The molecule has 110 valence electrons. The Hall–Kier alpha value is -1.42. The molecule has 1 aliphatic heterocycles. The third kappa shape index (κ3) is 3.18. The van der Waals surface area contributed by atoms with Crippen molar-refractivity contribution in [2.45, 2.75) is 38.8 Å². The summed E-state index contributed by atoms with van der Waals surface area (Å²) in [5, 5.41) is 3.58. The Morgan fingerprint density at radius 2 is 2.10 bits per heavy atom. The summed E-state index contributed by atoms with van der Waals surface area (Å²) in [4.78, 5) is 0. The van der Waals surface area contributed by atoms with Crippen molar-refractivity contribution in [3.05, 3.63) is 17.7 Å². The molecule has 1 N–H and O–H groups in total. The van der Waals surface area contributed by atoms with Gasteiger partial charge in [0.1, 0.15) is 13.2 Å². The summed E-state index contributed by atoms with van der Waals surface area (Å²) in [6, 6.07) is 4.64. The number of methoxy groups -OCH3 is 1. The highest BCUT2D eigenvalue weighted by molar-refractivity contribution is 5.54. The van der Waals surface area contributed by atoms with Gasteiger partial charge >= 0.3 is 0 Å². The molecule has 3 rings (SSSR count). The van der Waals surface area contributed by atoms with Crippen molar-refractivity contribution in [3.8, 4) is 17.2 Å². The predicted molar refractivity (Wildman–Crippen MR) is 77.6 cm³/mol. The van der Waals surface area contributed by atoms with E-state index in [0.29, 0.717) is 19.3 Å². The molecule has 0 bridgehead atoms. The van der Waals surface area contributed by atoms with Crippen LogP contribution in [0, 0.1) is 5.92 Å². The van der Waals surface area contributed by atoms with Crippen molar-refractivity contribution in [2.24, 2.45) is 5.92 Å². The molecule has 1 atom stereocenters. The third-order valence-corrected chi connectivity index (χ3v) is 3.93. The maximum absolute atomic E-state index is 5.66. The van der Waals surface area contributed by atoms with Crippen molar-refractivity contribution in [2.75, 3.05) is 20.3 Å². The third-order valence-electron chi connectivity index (χ3n) is 3.93. The summed E-state index contributed by atoms with van der Waals surface area (Å²) in [5.74, 6) is 3.23. The monoisotopic (exact) mass is 277 g/mol. The first-order valence-corrected chi connectivity index (χ1v) is 7.46. The second-order valence-electron chi connectivity index (χ2n) is 5.78. The maximum atomic E-state index is 5.66. The highest BCUT2D eigenvalue weighted by Gasteiger charge is 2.23. The Balaban J connectivity index is 1.66. The second-order valence-corrected chi connectivity index (χ2v) is 5.78. The first kappa shape index (κ1) is 13.6. The van der Waals surface area contributed by atoms with E-state index in [1.165, 1.54) is 24.8 Å². The van der Waals surface area contributed by atoms with Crippen molar-refractivity contribution >= 4 is 0 Å². The molecule has 0 spiro atoms. The van der Waals surface area contributed by atoms with Gasteiger partial charge in [-0.25, -0.2) is 0 Å². The molecule has 1 heterocycles. The lowest BCUT2D eigenvalue weighted by atomic mass is 10.1. The zero-order valence-electron chi connectivity index (χ0n) is 12.3. The predicted octanol–water partition coefficient (Wildman–Crippen LogP) is 2.74. The lowest BCUT2D eigenvalue weighted by molar-refractivity contribution is 0.165. The highest BCUT2D eigenvalue weighted by atomic mass is 16.6. The van der Waals surface area contributed by atoms with Gasteiger partial charge in [-0.05, 0) is 37.0 Å². The van der Waals surface area contributed by atoms with Gasteiger partial charge in [0.2, 0.25) is 5.75 Å². The molecule has 4 nitrogen and oxygen atoms in total. The SMILES string of the molecule is COc1cc(CNC(C)CC2CC2)cc2c1OCCO2. The number of hydrogen-bond acceptors (Lipinski definition) is 4. The molecule has 0 aromatic heterocycles. The highest BCUT2D eigenvalue weighted by Crippen LogP contribution is 2.40. The van der Waals surface area contributed by atoms with Crippen LogP contribution in [0.1, 0.15) is 31.7 Å². The summed E-state index contributed by atoms with van der Waals surface area (Å²) >= 11 is 0. The fraction of sp³-hybridized carbons (Fsp3) is 0.625. The molecule has 2 aliphatic rings. The van der Waals surface area contributed by atoms with Gasteiger partial charge in [0.05, 0.1) is 7.11 Å². The smallest absolute Gasteiger partial charge is 0.203 e. The number of nitrogens with one attached hydrogen (secondary N) is 1. The van der Waals surface area contributed by atoms with Crippen LogP contribution in [0.5, 0.6) is 17.2 Å². The average Bonchev–Trinajstić information content (AvgIpc) is 3.28. The van der Waals surface area contributed by atoms with Crippen molar-refractivity contribution in [1.29, 1.82) is 0 Å². The van der Waals surface area contributed by atoms with Gasteiger partial charge in [-0.1, -0.05) is 12.8 Å². The quantitative estimate of drug-likeness (QED) is 0.868. The van der Waals surface area contributed by atoms with Gasteiger partial charge < -0.3 is 19.5 Å². The molecule has 1 aromatic carbocycles. The summed E-state index contributed by atoms with van der Waals surface area (Å²) < 4.78 is 16.7. The first-order chi connectivity index (χ1) is 9.76. The Kier molecular flexibility index (Phi) is 4.01. The minimum Gasteiger partial charge on any atom is -0.493 e. The van der Waals surface area contributed by atoms with E-state index in [2.05, 4.69) is 12.2 Å². The van der Waals surface area contributed by atoms with E-state index >= 15 is 0 Å². The topological polar surface area (TPSA) is 39.7 Å². The van der Waals surface area contributed by atoms with Gasteiger partial charge in [0.15, 0.2) is 11.5 Å². The molecular weight excluding hydrogens is 254 g/mol. The van der Waals surface area contributed by atoms with E-state index < -0.39 is 0 Å². The summed E-state index contributed by atoms with van der Waals surface area (Å²) in [6.45, 7) is 4.28. The van der Waals surface area contributed by atoms with Gasteiger partial charge in [0.25, 0.3) is 0 Å². The summed E-state index contributed by atoms with van der Waals surface area (Å²) in [5.41, 5.74) is 1.17. The molecule has 1 aromatic rings. The normalized spacial score (nSPS) is 18.7. The Morgan fingerprint density at radius 1 is 1.30 bits per heavy atom. The summed E-state index contributed by atoms with van der Waals surface area (Å²) in [7, 11) is 1.67. The first-order valence-electron chi connectivity index (χ1n) is 7.46. The minimum absolute atomic E-state index is 0.557. The molecule has 1 saturated carbocycles. The number of fused-ring (bicyclic) bond motifs is 1. The van der Waals surface area contributed by atoms with Crippen molar-refractivity contribution in [3.63, 3.8) is 0 Å². The van der Waals surface area contributed by atoms with Gasteiger partial charge in [-0.2, -0.15) is 0 Å². The largest absolute Gasteiger partial charge is 0.493 e. The fourth-order valence-corrected chi connectivity index (χ4v) is 2.66. The molecule has 4 heteroatoms. The van der Waals surface area contributed by atoms with Crippen LogP contribution < -0.4 is 19.5 Å². The zero-order valence-corrected chi connectivity index (χ0v) is 12.3. The number of rotatable bonds is 6. The molecule has 1 unspecified atom stereocenters. The maximum Gasteiger partial charge on any atom is 0.203 e. The zero-order chi connectivity index (χ0) is 13.9. The van der Waals surface area contributed by atoms with E-state index in [4.69, 9.17) is 14.2 Å². The van der Waals surface area contributed by atoms with E-state index in [1.54, 1.807) is 7.11 Å². The lowest BCUT2D eigenvalue weighted by Gasteiger charge is -2.22. The Labute approximate surface area is 120 Å². The average molecular weight is 277 g/mol. The number of ether oxygens (including phenoxy) is 3. The molecule has 1 aliphatic carbocycles. The van der Waals surface area contributed by atoms with Crippen LogP contribution in [0.25, 0.3) is 0 Å². The number of hydrogen-bond donors (Lipinski definition) is 1. The van der Waals surface area contributed by atoms with Gasteiger partial charge in [0, 0.05) is 12.6 Å². The van der Waals surface area contributed by atoms with Gasteiger partial charge in [-0.15, -0.1) is 0 Å². The van der Waals surface area contributed by atoms with Crippen molar-refractivity contribution in [1.82, 2.24) is 5.32 Å². The van der Waals surface area contributed by atoms with Crippen LogP contribution in [0.3, 0.4) is 0 Å². The molecule has 0 amide bonds. The van der Waals surface area contributed by atoms with Crippen LogP contribution >= 0.6 is 0 Å². The number of benzene rings is 1. The van der Waals surface area contributed by atoms with E-state index in [-0.39, 0.29) is 0 Å². The molecule has 1 fully saturated rings. The van der Waals surface area contributed by atoms with E-state index in [0.717, 1.165) is 29.7 Å². The molecule has 20 heavy (non-hydrogen) atoms. The molecule has 0 radical (unpaired) electrons. The molecule has 0 saturated heterocycles. The fourth-order valence-electron chi connectivity index (χ4n) is 2.66. The van der Waals surface area contributed by atoms with Gasteiger partial charge in [-0.3, -0.25) is 0 Å². The Morgan fingerprint density at radius 3 is 2.85 bits per heavy atom. The van der Waals surface area contributed by atoms with Crippen LogP contribution in [0.15, 0.2) is 12.1 Å². The van der Waals surface area contributed by atoms with Crippen molar-refractivity contribution < 1.29 is 14.2 Å². The molecular formula is C16H23NO3. The Bertz CT molecular complexity index is 454. The minimum atomic E-state index is 0.557. The standard InChI is InChI=1S/C16H23NO3/c1-11(7-12-3-4-12)17-10-13-8-14(18-2)16-15(9-13)19-5-6-20-16/h8-9,11-12,17H,3-7,10H2,1-2H3. The van der Waals surface area contributed by atoms with E-state index in [9.17, 15) is 0 Å². The van der Waals surface area contributed by atoms with E-state index in [1.807, 2.05) is 12.1 Å². The van der Waals surface area contributed by atoms with Crippen LogP contribution in [0.4, 0.5) is 0 Å². The lowest BCUT2D eigenvalue weighted by Crippen LogP contribution is -2.26. The van der Waals surface area contributed by atoms with Crippen LogP contribution in [0.2, 0.25) is 0 Å². The summed E-state index contributed by atoms with van der Waals surface area (Å²) in [6.07, 6.45) is 4.09.